The van der Waals surface area contributed by atoms with E-state index in [9.17, 15) is 13.9 Å². The molecule has 1 aromatic carbocycles. The molecule has 1 N–H and O–H groups in total. The standard InChI is InChI=1S/C16H22F2O/c1-10-8-11(14(18)9-13(10)17)15(19)12-6-4-5-7-16(12,2)3/h8-9,12,15,19H,4-7H2,1-3H3. The maximum absolute atomic E-state index is 13.9. The van der Waals surface area contributed by atoms with Gasteiger partial charge in [0.1, 0.15) is 11.6 Å². The van der Waals surface area contributed by atoms with Crippen LogP contribution in [0.5, 0.6) is 0 Å². The average Bonchev–Trinajstić information content (AvgIpc) is 2.32. The molecular formula is C16H22F2O. The minimum Gasteiger partial charge on any atom is -0.388 e. The predicted octanol–water partition coefficient (Wildman–Crippen LogP) is 4.52. The summed E-state index contributed by atoms with van der Waals surface area (Å²) in [7, 11) is 0. The monoisotopic (exact) mass is 268 g/mol. The van der Waals surface area contributed by atoms with Gasteiger partial charge in [-0.05, 0) is 42.7 Å². The number of hydrogen-bond acceptors (Lipinski definition) is 1. The first-order valence-corrected chi connectivity index (χ1v) is 6.96. The van der Waals surface area contributed by atoms with Crippen LogP contribution in [0.15, 0.2) is 12.1 Å². The quantitative estimate of drug-likeness (QED) is 0.836. The third-order valence-corrected chi connectivity index (χ3v) is 4.57. The van der Waals surface area contributed by atoms with E-state index in [1.807, 2.05) is 0 Å². The van der Waals surface area contributed by atoms with Gasteiger partial charge in [0.25, 0.3) is 0 Å². The van der Waals surface area contributed by atoms with Gasteiger partial charge < -0.3 is 5.11 Å². The second-order valence-electron chi connectivity index (χ2n) is 6.41. The molecule has 0 bridgehead atoms. The Labute approximate surface area is 113 Å². The minimum atomic E-state index is -0.852. The van der Waals surface area contributed by atoms with Gasteiger partial charge in [-0.2, -0.15) is 0 Å². The SMILES string of the molecule is Cc1cc(C(O)C2CCCCC2(C)C)c(F)cc1F. The van der Waals surface area contributed by atoms with Gasteiger partial charge >= 0.3 is 0 Å². The van der Waals surface area contributed by atoms with E-state index in [0.717, 1.165) is 31.7 Å². The molecule has 0 spiro atoms. The van der Waals surface area contributed by atoms with Crippen molar-refractivity contribution in [1.29, 1.82) is 0 Å². The van der Waals surface area contributed by atoms with E-state index < -0.39 is 17.7 Å². The minimum absolute atomic E-state index is 0.00754. The lowest BCUT2D eigenvalue weighted by Gasteiger charge is -2.41. The van der Waals surface area contributed by atoms with E-state index in [4.69, 9.17) is 0 Å². The molecular weight excluding hydrogens is 246 g/mol. The second-order valence-corrected chi connectivity index (χ2v) is 6.41. The Morgan fingerprint density at radius 2 is 1.89 bits per heavy atom. The van der Waals surface area contributed by atoms with Gasteiger partial charge in [-0.1, -0.05) is 26.7 Å². The number of rotatable bonds is 2. The molecule has 1 aliphatic rings. The van der Waals surface area contributed by atoms with Gasteiger partial charge in [-0.3, -0.25) is 0 Å². The van der Waals surface area contributed by atoms with Crippen LogP contribution in [-0.2, 0) is 0 Å². The second kappa shape index (κ2) is 5.20. The van der Waals surface area contributed by atoms with Crippen LogP contribution < -0.4 is 0 Å². The van der Waals surface area contributed by atoms with Crippen LogP contribution in [0.2, 0.25) is 0 Å². The van der Waals surface area contributed by atoms with Crippen LogP contribution in [0.3, 0.4) is 0 Å². The zero-order chi connectivity index (χ0) is 14.2. The highest BCUT2D eigenvalue weighted by atomic mass is 19.1. The molecule has 1 aliphatic carbocycles. The fraction of sp³-hybridized carbons (Fsp3) is 0.625. The molecule has 0 radical (unpaired) electrons. The highest BCUT2D eigenvalue weighted by Crippen LogP contribution is 2.47. The molecule has 1 nitrogen and oxygen atoms in total. The van der Waals surface area contributed by atoms with Gasteiger partial charge in [-0.25, -0.2) is 8.78 Å². The summed E-state index contributed by atoms with van der Waals surface area (Å²) < 4.78 is 27.2. The number of benzene rings is 1. The Bertz CT molecular complexity index is 468. The van der Waals surface area contributed by atoms with E-state index >= 15 is 0 Å². The smallest absolute Gasteiger partial charge is 0.131 e. The first kappa shape index (κ1) is 14.4. The van der Waals surface area contributed by atoms with Crippen LogP contribution >= 0.6 is 0 Å². The van der Waals surface area contributed by atoms with Crippen LogP contribution in [0, 0.1) is 29.9 Å². The first-order chi connectivity index (χ1) is 8.83. The molecule has 0 amide bonds. The third-order valence-electron chi connectivity index (χ3n) is 4.57. The molecule has 2 atom stereocenters. The van der Waals surface area contributed by atoms with E-state index in [0.29, 0.717) is 5.56 Å². The van der Waals surface area contributed by atoms with Crippen LogP contribution in [-0.4, -0.2) is 5.11 Å². The first-order valence-electron chi connectivity index (χ1n) is 6.96. The number of aryl methyl sites for hydroxylation is 1. The molecule has 1 aromatic rings. The molecule has 106 valence electrons. The molecule has 0 heterocycles. The molecule has 2 unspecified atom stereocenters. The molecule has 19 heavy (non-hydrogen) atoms. The Morgan fingerprint density at radius 1 is 1.21 bits per heavy atom. The zero-order valence-corrected chi connectivity index (χ0v) is 11.8. The van der Waals surface area contributed by atoms with Crippen LogP contribution in [0.1, 0.15) is 56.8 Å². The predicted molar refractivity (Wildman–Crippen MR) is 71.8 cm³/mol. The molecule has 0 aliphatic heterocycles. The molecule has 0 aromatic heterocycles. The van der Waals surface area contributed by atoms with Crippen molar-refractivity contribution in [3.05, 3.63) is 34.9 Å². The molecule has 3 heteroatoms. The van der Waals surface area contributed by atoms with Gasteiger partial charge in [0.05, 0.1) is 6.10 Å². The van der Waals surface area contributed by atoms with Crippen molar-refractivity contribution in [3.63, 3.8) is 0 Å². The Morgan fingerprint density at radius 3 is 2.53 bits per heavy atom. The van der Waals surface area contributed by atoms with Gasteiger partial charge in [0, 0.05) is 11.6 Å². The zero-order valence-electron chi connectivity index (χ0n) is 11.8. The summed E-state index contributed by atoms with van der Waals surface area (Å²) >= 11 is 0. The average molecular weight is 268 g/mol. The normalized spacial score (nSPS) is 24.2. The summed E-state index contributed by atoms with van der Waals surface area (Å²) in [6.07, 6.45) is 3.30. The largest absolute Gasteiger partial charge is 0.388 e. The lowest BCUT2D eigenvalue weighted by Crippen LogP contribution is -2.33. The maximum atomic E-state index is 13.9. The van der Waals surface area contributed by atoms with Crippen molar-refractivity contribution in [2.45, 2.75) is 52.6 Å². The molecule has 1 fully saturated rings. The number of halogens is 2. The van der Waals surface area contributed by atoms with Crippen LogP contribution in [0.25, 0.3) is 0 Å². The van der Waals surface area contributed by atoms with E-state index in [1.54, 1.807) is 6.92 Å². The summed E-state index contributed by atoms with van der Waals surface area (Å²) in [5, 5.41) is 10.5. The fourth-order valence-electron chi connectivity index (χ4n) is 3.23. The highest BCUT2D eigenvalue weighted by Gasteiger charge is 2.38. The van der Waals surface area contributed by atoms with Gasteiger partial charge in [0.15, 0.2) is 0 Å². The fourth-order valence-corrected chi connectivity index (χ4v) is 3.23. The lowest BCUT2D eigenvalue weighted by molar-refractivity contribution is 0.00191. The molecule has 2 rings (SSSR count). The van der Waals surface area contributed by atoms with Gasteiger partial charge in [0.2, 0.25) is 0 Å². The van der Waals surface area contributed by atoms with Crippen molar-refractivity contribution in [1.82, 2.24) is 0 Å². The number of aliphatic hydroxyl groups excluding tert-OH is 1. The number of hydrogen-bond donors (Lipinski definition) is 1. The van der Waals surface area contributed by atoms with Crippen molar-refractivity contribution in [2.75, 3.05) is 0 Å². The summed E-state index contributed by atoms with van der Waals surface area (Å²) in [4.78, 5) is 0. The molecule has 1 saturated carbocycles. The summed E-state index contributed by atoms with van der Waals surface area (Å²) in [6, 6.07) is 2.32. The highest BCUT2D eigenvalue weighted by molar-refractivity contribution is 5.28. The van der Waals surface area contributed by atoms with Crippen molar-refractivity contribution in [3.8, 4) is 0 Å². The van der Waals surface area contributed by atoms with E-state index in [2.05, 4.69) is 13.8 Å². The van der Waals surface area contributed by atoms with E-state index in [1.165, 1.54) is 6.07 Å². The third kappa shape index (κ3) is 2.81. The van der Waals surface area contributed by atoms with Crippen molar-refractivity contribution in [2.24, 2.45) is 11.3 Å². The number of aliphatic hydroxyl groups is 1. The summed E-state index contributed by atoms with van der Waals surface area (Å²) in [5.74, 6) is -1.17. The van der Waals surface area contributed by atoms with Crippen molar-refractivity contribution < 1.29 is 13.9 Å². The van der Waals surface area contributed by atoms with Crippen LogP contribution in [0.4, 0.5) is 8.78 Å². The van der Waals surface area contributed by atoms with E-state index in [-0.39, 0.29) is 16.9 Å². The topological polar surface area (TPSA) is 20.2 Å². The maximum Gasteiger partial charge on any atom is 0.131 e. The lowest BCUT2D eigenvalue weighted by atomic mass is 9.65. The van der Waals surface area contributed by atoms with Crippen molar-refractivity contribution >= 4 is 0 Å². The summed E-state index contributed by atoms with van der Waals surface area (Å²) in [5.41, 5.74) is 0.606. The van der Waals surface area contributed by atoms with Gasteiger partial charge in [-0.15, -0.1) is 0 Å². The Balaban J connectivity index is 2.33. The Hall–Kier alpha value is -0.960. The Kier molecular flexibility index (Phi) is 3.95. The summed E-state index contributed by atoms with van der Waals surface area (Å²) in [6.45, 7) is 5.83. The molecule has 0 saturated heterocycles.